The molecule has 0 rings (SSSR count). The minimum atomic E-state index is -0.559. The normalized spacial score (nSPS) is 12.1. The van der Waals surface area contributed by atoms with Gasteiger partial charge in [0, 0.05) is 6.54 Å². The van der Waals surface area contributed by atoms with Gasteiger partial charge in [-0.2, -0.15) is 12.6 Å². The van der Waals surface area contributed by atoms with E-state index in [1.807, 2.05) is 34.6 Å². The zero-order valence-electron chi connectivity index (χ0n) is 10.2. The summed E-state index contributed by atoms with van der Waals surface area (Å²) in [6, 6.07) is 0. The Bertz CT molecular complexity index is 238. The van der Waals surface area contributed by atoms with Crippen molar-refractivity contribution >= 4 is 18.7 Å². The van der Waals surface area contributed by atoms with Gasteiger partial charge in [0.1, 0.15) is 5.60 Å². The molecule has 1 amide bonds. The molecule has 0 aliphatic rings. The quantitative estimate of drug-likeness (QED) is 0.459. The van der Waals surface area contributed by atoms with E-state index in [4.69, 9.17) is 4.74 Å². The summed E-state index contributed by atoms with van der Waals surface area (Å²) in [5.74, 6) is 0. The van der Waals surface area contributed by atoms with Crippen molar-refractivity contribution in [3.05, 3.63) is 12.7 Å². The highest BCUT2D eigenvalue weighted by atomic mass is 32.1. The van der Waals surface area contributed by atoms with Gasteiger partial charge in [0.2, 0.25) is 0 Å². The second kappa shape index (κ2) is 4.92. The van der Waals surface area contributed by atoms with E-state index < -0.39 is 10.5 Å². The average molecular weight is 231 g/mol. The first-order chi connectivity index (χ1) is 6.58. The van der Waals surface area contributed by atoms with Crippen LogP contribution in [-0.4, -0.2) is 28.0 Å². The summed E-state index contributed by atoms with van der Waals surface area (Å²) in [6.07, 6.45) is 1.28. The fourth-order valence-electron chi connectivity index (χ4n) is 0.967. The van der Waals surface area contributed by atoms with Gasteiger partial charge < -0.3 is 4.74 Å². The van der Waals surface area contributed by atoms with Crippen molar-refractivity contribution < 1.29 is 9.53 Å². The van der Waals surface area contributed by atoms with Crippen molar-refractivity contribution in [1.29, 1.82) is 0 Å². The van der Waals surface area contributed by atoms with E-state index in [1.165, 1.54) is 4.90 Å². The molecule has 0 spiro atoms. The number of hydrogen-bond donors (Lipinski definition) is 1. The summed E-state index contributed by atoms with van der Waals surface area (Å²) in [4.78, 5) is 12.8. The second-order valence-corrected chi connectivity index (χ2v) is 5.97. The molecule has 0 unspecified atom stereocenters. The van der Waals surface area contributed by atoms with Crippen molar-refractivity contribution in [2.75, 3.05) is 6.54 Å². The molecule has 0 aromatic carbocycles. The van der Waals surface area contributed by atoms with Crippen LogP contribution < -0.4 is 0 Å². The zero-order valence-corrected chi connectivity index (χ0v) is 11.1. The van der Waals surface area contributed by atoms with Gasteiger partial charge in [0.25, 0.3) is 0 Å². The summed E-state index contributed by atoms with van der Waals surface area (Å²) in [5.41, 5.74) is -0.491. The first-order valence-corrected chi connectivity index (χ1v) is 5.36. The highest BCUT2D eigenvalue weighted by molar-refractivity contribution is 7.81. The molecule has 0 fully saturated rings. The van der Waals surface area contributed by atoms with E-state index in [9.17, 15) is 4.79 Å². The van der Waals surface area contributed by atoms with Gasteiger partial charge in [-0.25, -0.2) is 4.79 Å². The Balaban J connectivity index is 4.65. The van der Waals surface area contributed by atoms with E-state index in [1.54, 1.807) is 6.08 Å². The predicted octanol–water partition coefficient (Wildman–Crippen LogP) is 3.08. The van der Waals surface area contributed by atoms with Crippen LogP contribution in [0.1, 0.15) is 34.6 Å². The Morgan fingerprint density at radius 1 is 1.40 bits per heavy atom. The van der Waals surface area contributed by atoms with Crippen molar-refractivity contribution in [2.45, 2.75) is 45.1 Å². The molecule has 0 saturated carbocycles. The van der Waals surface area contributed by atoms with Gasteiger partial charge in [-0.05, 0) is 34.6 Å². The number of rotatable bonds is 3. The fraction of sp³-hybridized carbons (Fsp3) is 0.727. The third kappa shape index (κ3) is 5.72. The average Bonchev–Trinajstić information content (AvgIpc) is 1.93. The molecule has 4 heteroatoms. The van der Waals surface area contributed by atoms with Gasteiger partial charge in [-0.1, -0.05) is 6.08 Å². The lowest BCUT2D eigenvalue weighted by molar-refractivity contribution is 0.0187. The molecule has 0 N–H and O–H groups in total. The zero-order chi connectivity index (χ0) is 12.3. The van der Waals surface area contributed by atoms with Crippen LogP contribution in [0.3, 0.4) is 0 Å². The minimum Gasteiger partial charge on any atom is -0.444 e. The first kappa shape index (κ1) is 14.4. The number of hydrogen-bond acceptors (Lipinski definition) is 3. The molecule has 0 heterocycles. The molecule has 15 heavy (non-hydrogen) atoms. The van der Waals surface area contributed by atoms with Crippen LogP contribution in [0.4, 0.5) is 4.79 Å². The minimum absolute atomic E-state index is 0.373. The summed E-state index contributed by atoms with van der Waals surface area (Å²) in [6.45, 7) is 13.2. The SMILES string of the molecule is C=CCN(C(=O)OC(C)(C)C)C(C)(C)S. The number of thiol groups is 1. The van der Waals surface area contributed by atoms with Crippen LogP contribution in [0.5, 0.6) is 0 Å². The second-order valence-electron chi connectivity index (χ2n) is 4.87. The van der Waals surface area contributed by atoms with Gasteiger partial charge in [0.05, 0.1) is 4.87 Å². The molecule has 3 nitrogen and oxygen atoms in total. The van der Waals surface area contributed by atoms with E-state index in [-0.39, 0.29) is 6.09 Å². The van der Waals surface area contributed by atoms with Crippen molar-refractivity contribution in [1.82, 2.24) is 4.90 Å². The molecule has 0 bridgehead atoms. The van der Waals surface area contributed by atoms with Crippen LogP contribution in [0.15, 0.2) is 12.7 Å². The van der Waals surface area contributed by atoms with Crippen molar-refractivity contribution in [3.63, 3.8) is 0 Å². The summed E-state index contributed by atoms with van der Waals surface area (Å²) >= 11 is 4.35. The van der Waals surface area contributed by atoms with Crippen LogP contribution in [0.2, 0.25) is 0 Å². The molecule has 0 aliphatic carbocycles. The Labute approximate surface area is 97.9 Å². The Hall–Kier alpha value is -0.640. The Morgan fingerprint density at radius 3 is 2.13 bits per heavy atom. The van der Waals surface area contributed by atoms with Crippen LogP contribution >= 0.6 is 12.6 Å². The molecule has 0 radical (unpaired) electrons. The topological polar surface area (TPSA) is 29.5 Å². The van der Waals surface area contributed by atoms with E-state index in [0.717, 1.165) is 0 Å². The Kier molecular flexibility index (Phi) is 4.71. The third-order valence-electron chi connectivity index (χ3n) is 1.59. The highest BCUT2D eigenvalue weighted by Crippen LogP contribution is 2.21. The van der Waals surface area contributed by atoms with Crippen LogP contribution in [0, 0.1) is 0 Å². The molecule has 0 aliphatic heterocycles. The van der Waals surface area contributed by atoms with Crippen LogP contribution in [-0.2, 0) is 4.74 Å². The maximum Gasteiger partial charge on any atom is 0.411 e. The molecular weight excluding hydrogens is 210 g/mol. The number of amides is 1. The first-order valence-electron chi connectivity index (χ1n) is 4.92. The number of ether oxygens (including phenoxy) is 1. The maximum absolute atomic E-state index is 11.8. The number of carbonyl (C=O) groups is 1. The monoisotopic (exact) mass is 231 g/mol. The number of carbonyl (C=O) groups excluding carboxylic acids is 1. The smallest absolute Gasteiger partial charge is 0.411 e. The van der Waals surface area contributed by atoms with Crippen molar-refractivity contribution in [2.24, 2.45) is 0 Å². The predicted molar refractivity (Wildman–Crippen MR) is 66.2 cm³/mol. The number of nitrogens with zero attached hydrogens (tertiary/aromatic N) is 1. The molecule has 0 aromatic heterocycles. The Morgan fingerprint density at radius 2 is 1.87 bits per heavy atom. The van der Waals surface area contributed by atoms with Crippen molar-refractivity contribution in [3.8, 4) is 0 Å². The summed E-state index contributed by atoms with van der Waals surface area (Å²) in [5, 5.41) is 0. The molecular formula is C11H21NO2S. The lowest BCUT2D eigenvalue weighted by atomic mass is 10.2. The van der Waals surface area contributed by atoms with Gasteiger partial charge in [-0.3, -0.25) is 4.90 Å². The molecule has 0 aromatic rings. The van der Waals surface area contributed by atoms with Gasteiger partial charge >= 0.3 is 6.09 Å². The lowest BCUT2D eigenvalue weighted by Crippen LogP contribution is -2.46. The molecule has 88 valence electrons. The lowest BCUT2D eigenvalue weighted by Gasteiger charge is -2.35. The summed E-state index contributed by atoms with van der Waals surface area (Å²) < 4.78 is 5.27. The maximum atomic E-state index is 11.8. The van der Waals surface area contributed by atoms with Gasteiger partial charge in [0.15, 0.2) is 0 Å². The van der Waals surface area contributed by atoms with Crippen LogP contribution in [0.25, 0.3) is 0 Å². The molecule has 0 saturated heterocycles. The van der Waals surface area contributed by atoms with E-state index >= 15 is 0 Å². The largest absolute Gasteiger partial charge is 0.444 e. The fourth-order valence-corrected chi connectivity index (χ4v) is 1.13. The third-order valence-corrected chi connectivity index (χ3v) is 1.83. The standard InChI is InChI=1S/C11H21NO2S/c1-7-8-12(11(5,6)15)9(13)14-10(2,3)4/h7,15H,1,8H2,2-6H3. The van der Waals surface area contributed by atoms with E-state index in [2.05, 4.69) is 19.2 Å². The molecule has 0 atom stereocenters. The van der Waals surface area contributed by atoms with E-state index in [0.29, 0.717) is 6.54 Å². The van der Waals surface area contributed by atoms with Gasteiger partial charge in [-0.15, -0.1) is 6.58 Å². The highest BCUT2D eigenvalue weighted by Gasteiger charge is 2.30. The summed E-state index contributed by atoms with van der Waals surface area (Å²) in [7, 11) is 0.